The van der Waals surface area contributed by atoms with Crippen LogP contribution in [0.3, 0.4) is 0 Å². The predicted molar refractivity (Wildman–Crippen MR) is 83.4 cm³/mol. The van der Waals surface area contributed by atoms with E-state index in [9.17, 15) is 0 Å². The molecule has 1 heterocycles. The molecule has 1 fully saturated rings. The van der Waals surface area contributed by atoms with Gasteiger partial charge in [-0.05, 0) is 39.0 Å². The molecule has 21 heavy (non-hydrogen) atoms. The first-order chi connectivity index (χ1) is 9.93. The largest absolute Gasteiger partial charge is 0.558 e. The van der Waals surface area contributed by atoms with Gasteiger partial charge in [-0.2, -0.15) is 0 Å². The van der Waals surface area contributed by atoms with E-state index in [0.29, 0.717) is 19.1 Å². The molecule has 0 aromatic rings. The average molecular weight is 321 g/mol. The lowest BCUT2D eigenvalue weighted by atomic mass is 9.96. The van der Waals surface area contributed by atoms with Crippen LogP contribution in [0.1, 0.15) is 66.7 Å². The monoisotopic (exact) mass is 320 g/mol. The summed E-state index contributed by atoms with van der Waals surface area (Å²) in [5.41, 5.74) is -0.272. The lowest BCUT2D eigenvalue weighted by Gasteiger charge is -2.42. The highest BCUT2D eigenvalue weighted by molar-refractivity contribution is 6.60. The average Bonchev–Trinajstić information content (AvgIpc) is 2.38. The molecule has 1 rings (SSSR count). The van der Waals surface area contributed by atoms with Crippen molar-refractivity contribution in [3.05, 3.63) is 0 Å². The molecule has 1 aliphatic heterocycles. The summed E-state index contributed by atoms with van der Waals surface area (Å²) in [6.07, 6.45) is 5.03. The van der Waals surface area contributed by atoms with Crippen molar-refractivity contribution in [3.63, 3.8) is 0 Å². The molecule has 1 atom stereocenters. The highest BCUT2D eigenvalue weighted by Gasteiger charge is 2.54. The van der Waals surface area contributed by atoms with E-state index < -0.39 is 8.80 Å². The van der Waals surface area contributed by atoms with Crippen molar-refractivity contribution in [2.24, 2.45) is 5.92 Å². The van der Waals surface area contributed by atoms with Gasteiger partial charge in [0.05, 0.1) is 18.8 Å². The maximum Gasteiger partial charge on any atom is 0.558 e. The number of hydrogen-bond acceptors (Lipinski definition) is 5. The molecule has 0 aromatic heterocycles. The molecule has 0 amide bonds. The molecule has 126 valence electrons. The normalized spacial score (nSPS) is 24.1. The first kappa shape index (κ1) is 19.1. The predicted octanol–water partition coefficient (Wildman–Crippen LogP) is 4.26. The van der Waals surface area contributed by atoms with Crippen molar-refractivity contribution in [2.45, 2.75) is 78.4 Å². The van der Waals surface area contributed by atoms with E-state index in [1.807, 2.05) is 0 Å². The Bertz CT molecular complexity index is 273. The van der Waals surface area contributed by atoms with E-state index in [1.165, 1.54) is 0 Å². The summed E-state index contributed by atoms with van der Waals surface area (Å²) in [6.45, 7) is 11.7. The van der Waals surface area contributed by atoms with Crippen molar-refractivity contribution in [1.29, 1.82) is 0 Å². The number of unbranched alkanes of at least 4 members (excludes halogenated alkanes) is 2. The molecule has 0 N–H and O–H groups in total. The van der Waals surface area contributed by atoms with E-state index in [2.05, 4.69) is 34.6 Å². The van der Waals surface area contributed by atoms with E-state index >= 15 is 0 Å². The number of rotatable bonds is 10. The third-order valence-electron chi connectivity index (χ3n) is 3.40. The standard InChI is InChI=1S/C15H32O5Si/c1-6-8-10-16-19-21(20-17-11-9-7-2)13-14(3)12-15(4,5)18-21/h14H,6-13H2,1-5H3. The fourth-order valence-corrected chi connectivity index (χ4v) is 5.39. The molecule has 0 spiro atoms. The summed E-state index contributed by atoms with van der Waals surface area (Å²) in [7, 11) is -2.93. The molecule has 0 bridgehead atoms. The minimum atomic E-state index is -2.93. The molecule has 0 saturated carbocycles. The van der Waals surface area contributed by atoms with E-state index in [0.717, 1.165) is 38.1 Å². The lowest BCUT2D eigenvalue weighted by Crippen LogP contribution is -2.56. The van der Waals surface area contributed by atoms with Gasteiger partial charge >= 0.3 is 8.80 Å². The van der Waals surface area contributed by atoms with Crippen LogP contribution in [0.4, 0.5) is 0 Å². The SMILES string of the molecule is CCCCOO[Si]1(OOCCCC)CC(C)CC(C)(C)O1. The Morgan fingerprint density at radius 2 is 1.57 bits per heavy atom. The van der Waals surface area contributed by atoms with E-state index in [-0.39, 0.29) is 5.60 Å². The van der Waals surface area contributed by atoms with Gasteiger partial charge in [-0.1, -0.05) is 33.6 Å². The van der Waals surface area contributed by atoms with Crippen molar-refractivity contribution in [1.82, 2.24) is 0 Å². The van der Waals surface area contributed by atoms with Crippen molar-refractivity contribution >= 4 is 8.80 Å². The molecule has 1 saturated heterocycles. The van der Waals surface area contributed by atoms with Gasteiger partial charge in [0.25, 0.3) is 0 Å². The van der Waals surface area contributed by atoms with Crippen LogP contribution in [0.15, 0.2) is 0 Å². The van der Waals surface area contributed by atoms with Gasteiger partial charge in [0.15, 0.2) is 0 Å². The summed E-state index contributed by atoms with van der Waals surface area (Å²) in [6, 6.07) is 0.731. The van der Waals surface area contributed by atoms with Gasteiger partial charge in [-0.25, -0.2) is 18.9 Å². The topological polar surface area (TPSA) is 46.2 Å². The molecule has 1 aliphatic rings. The van der Waals surface area contributed by atoms with Gasteiger partial charge < -0.3 is 4.43 Å². The van der Waals surface area contributed by atoms with Gasteiger partial charge in [-0.15, -0.1) is 0 Å². The Hall–Kier alpha value is 0.0169. The molecule has 0 radical (unpaired) electrons. The fourth-order valence-electron chi connectivity index (χ4n) is 2.63. The second-order valence-corrected chi connectivity index (χ2v) is 8.89. The minimum absolute atomic E-state index is 0.272. The Balaban J connectivity index is 2.59. The van der Waals surface area contributed by atoms with Crippen molar-refractivity contribution in [2.75, 3.05) is 13.2 Å². The molecule has 0 aromatic carbocycles. The zero-order valence-corrected chi connectivity index (χ0v) is 15.3. The van der Waals surface area contributed by atoms with E-state index in [4.69, 9.17) is 23.4 Å². The smallest absolute Gasteiger partial charge is 0.366 e. The fraction of sp³-hybridized carbons (Fsp3) is 1.00. The van der Waals surface area contributed by atoms with Gasteiger partial charge in [0.1, 0.15) is 0 Å². The highest BCUT2D eigenvalue weighted by atomic mass is 28.4. The Morgan fingerprint density at radius 3 is 2.00 bits per heavy atom. The van der Waals surface area contributed by atoms with Crippen LogP contribution in [0.5, 0.6) is 0 Å². The van der Waals surface area contributed by atoms with E-state index in [1.54, 1.807) is 0 Å². The maximum atomic E-state index is 6.14. The third kappa shape index (κ3) is 7.21. The molecule has 5 nitrogen and oxygen atoms in total. The second-order valence-electron chi connectivity index (χ2n) is 6.58. The van der Waals surface area contributed by atoms with Gasteiger partial charge in [0, 0.05) is 6.04 Å². The van der Waals surface area contributed by atoms with Crippen LogP contribution in [-0.2, 0) is 23.4 Å². The lowest BCUT2D eigenvalue weighted by molar-refractivity contribution is -0.325. The molecule has 6 heteroatoms. The summed E-state index contributed by atoms with van der Waals surface area (Å²) in [5, 5.41) is 0. The maximum absolute atomic E-state index is 6.14. The van der Waals surface area contributed by atoms with Gasteiger partial charge in [0.2, 0.25) is 0 Å². The first-order valence-corrected chi connectivity index (χ1v) is 10.2. The summed E-state index contributed by atoms with van der Waals surface area (Å²) in [4.78, 5) is 10.7. The van der Waals surface area contributed by atoms with Crippen LogP contribution in [0, 0.1) is 5.92 Å². The van der Waals surface area contributed by atoms with Crippen molar-refractivity contribution in [3.8, 4) is 0 Å². The van der Waals surface area contributed by atoms with Crippen LogP contribution in [0.2, 0.25) is 6.04 Å². The zero-order chi connectivity index (χ0) is 15.8. The third-order valence-corrected chi connectivity index (χ3v) is 6.21. The summed E-state index contributed by atoms with van der Waals surface area (Å²) < 4.78 is 17.4. The molecule has 1 unspecified atom stereocenters. The van der Waals surface area contributed by atoms with Crippen LogP contribution in [-0.4, -0.2) is 27.6 Å². The molecule has 0 aliphatic carbocycles. The second kappa shape index (κ2) is 9.22. The Kier molecular flexibility index (Phi) is 8.37. The first-order valence-electron chi connectivity index (χ1n) is 8.24. The quantitative estimate of drug-likeness (QED) is 0.260. The highest BCUT2D eigenvalue weighted by Crippen LogP contribution is 2.38. The zero-order valence-electron chi connectivity index (χ0n) is 14.3. The van der Waals surface area contributed by atoms with Crippen LogP contribution in [0.25, 0.3) is 0 Å². The Morgan fingerprint density at radius 1 is 1.05 bits per heavy atom. The van der Waals surface area contributed by atoms with Crippen LogP contribution < -0.4 is 0 Å². The summed E-state index contributed by atoms with van der Waals surface area (Å²) >= 11 is 0. The van der Waals surface area contributed by atoms with Crippen molar-refractivity contribution < 1.29 is 23.4 Å². The molecular weight excluding hydrogens is 288 g/mol. The summed E-state index contributed by atoms with van der Waals surface area (Å²) in [5.74, 6) is 0.463. The Labute approximate surface area is 130 Å². The number of hydrogen-bond donors (Lipinski definition) is 0. The van der Waals surface area contributed by atoms with Crippen LogP contribution >= 0.6 is 0 Å². The van der Waals surface area contributed by atoms with Gasteiger partial charge in [-0.3, -0.25) is 0 Å². The molecular formula is C15H32O5Si. The minimum Gasteiger partial charge on any atom is -0.366 e.